The molecule has 0 bridgehead atoms. The molecule has 125 valence electrons. The van der Waals surface area contributed by atoms with Crippen LogP contribution in [0.4, 0.5) is 0 Å². The summed E-state index contributed by atoms with van der Waals surface area (Å²) in [6.07, 6.45) is 0. The first kappa shape index (κ1) is 17.7. The Morgan fingerprint density at radius 3 is 2.04 bits per heavy atom. The second-order valence-electron chi connectivity index (χ2n) is 6.42. The molecule has 0 amide bonds. The maximum absolute atomic E-state index is 13.1. The predicted molar refractivity (Wildman–Crippen MR) is 83.4 cm³/mol. The molecule has 23 heavy (non-hydrogen) atoms. The molecule has 1 aromatic rings. The minimum absolute atomic E-state index is 0.0376. The van der Waals surface area contributed by atoms with E-state index in [2.05, 4.69) is 0 Å². The summed E-state index contributed by atoms with van der Waals surface area (Å²) >= 11 is 0. The first-order chi connectivity index (χ1) is 10.5. The van der Waals surface area contributed by atoms with Crippen LogP contribution in [0.3, 0.4) is 0 Å². The van der Waals surface area contributed by atoms with E-state index >= 15 is 0 Å². The molecule has 1 aromatic carbocycles. The fourth-order valence-corrected chi connectivity index (χ4v) is 5.20. The van der Waals surface area contributed by atoms with Gasteiger partial charge >= 0.3 is 5.97 Å². The summed E-state index contributed by atoms with van der Waals surface area (Å²) in [5, 5.41) is 13.3. The summed E-state index contributed by atoms with van der Waals surface area (Å²) in [5.41, 5.74) is -2.82. The van der Waals surface area contributed by atoms with Gasteiger partial charge in [-0.25, -0.2) is 13.2 Å². The Kier molecular flexibility index (Phi) is 4.17. The molecule has 0 atom stereocenters. The molecule has 0 aliphatic carbocycles. The normalized spacial score (nSPS) is 20.6. The predicted octanol–water partition coefficient (Wildman–Crippen LogP) is 2.11. The van der Waals surface area contributed by atoms with Gasteiger partial charge in [-0.05, 0) is 39.8 Å². The Balaban J connectivity index is 2.85. The van der Waals surface area contributed by atoms with E-state index in [0.717, 1.165) is 0 Å². The summed E-state index contributed by atoms with van der Waals surface area (Å²) in [4.78, 5) is 12.1. The smallest absolute Gasteiger partial charge is 0.336 e. The Morgan fingerprint density at radius 2 is 1.57 bits per heavy atom. The number of rotatable bonds is 3. The van der Waals surface area contributed by atoms with Crippen LogP contribution in [-0.2, 0) is 24.6 Å². The molecule has 1 heterocycles. The van der Waals surface area contributed by atoms with Crippen LogP contribution in [0.15, 0.2) is 45.7 Å². The van der Waals surface area contributed by atoms with E-state index in [9.17, 15) is 18.4 Å². The SMILES string of the molecule is COC(=O)C1=C(S(=O)(=O)c2ccccc2)C(C)(C)N([O])C1(C)C. The van der Waals surface area contributed by atoms with Crippen molar-refractivity contribution in [2.45, 2.75) is 43.7 Å². The lowest BCUT2D eigenvalue weighted by molar-refractivity contribution is -0.239. The highest BCUT2D eigenvalue weighted by Gasteiger charge is 2.58. The summed E-state index contributed by atoms with van der Waals surface area (Å²) < 4.78 is 30.9. The second kappa shape index (κ2) is 5.43. The van der Waals surface area contributed by atoms with Crippen LogP contribution >= 0.6 is 0 Å². The van der Waals surface area contributed by atoms with Crippen molar-refractivity contribution < 1.29 is 23.2 Å². The third-order valence-corrected chi connectivity index (χ3v) is 6.26. The minimum Gasteiger partial charge on any atom is -0.466 e. The molecule has 0 saturated heterocycles. The molecule has 0 spiro atoms. The van der Waals surface area contributed by atoms with Crippen molar-refractivity contribution in [1.29, 1.82) is 0 Å². The summed E-state index contributed by atoms with van der Waals surface area (Å²) in [5.74, 6) is -0.809. The van der Waals surface area contributed by atoms with Crippen LogP contribution in [0.2, 0.25) is 0 Å². The molecule has 1 aliphatic rings. The lowest BCUT2D eigenvalue weighted by Crippen LogP contribution is -2.48. The number of esters is 1. The van der Waals surface area contributed by atoms with E-state index in [1.165, 1.54) is 46.9 Å². The number of benzene rings is 1. The summed E-state index contributed by atoms with van der Waals surface area (Å²) in [6, 6.07) is 7.75. The summed E-state index contributed by atoms with van der Waals surface area (Å²) in [7, 11) is -2.85. The first-order valence-corrected chi connectivity index (χ1v) is 8.58. The summed E-state index contributed by atoms with van der Waals surface area (Å²) in [6.45, 7) is 6.02. The molecule has 0 unspecified atom stereocenters. The number of hydrogen-bond acceptors (Lipinski definition) is 5. The number of methoxy groups -OCH3 is 1. The van der Waals surface area contributed by atoms with Crippen molar-refractivity contribution in [2.75, 3.05) is 7.11 Å². The van der Waals surface area contributed by atoms with Gasteiger partial charge in [0, 0.05) is 0 Å². The highest BCUT2D eigenvalue weighted by Crippen LogP contribution is 2.48. The van der Waals surface area contributed by atoms with Crippen LogP contribution in [0, 0.1) is 0 Å². The number of hydrogen-bond donors (Lipinski definition) is 0. The van der Waals surface area contributed by atoms with Gasteiger partial charge in [-0.1, -0.05) is 18.2 Å². The fourth-order valence-electron chi connectivity index (χ4n) is 3.10. The van der Waals surface area contributed by atoms with Gasteiger partial charge in [0.15, 0.2) is 0 Å². The lowest BCUT2D eigenvalue weighted by Gasteiger charge is -2.33. The topological polar surface area (TPSA) is 83.6 Å². The van der Waals surface area contributed by atoms with Crippen LogP contribution in [-0.4, -0.2) is 37.6 Å². The zero-order chi connectivity index (χ0) is 17.6. The van der Waals surface area contributed by atoms with Crippen molar-refractivity contribution in [3.8, 4) is 0 Å². The fraction of sp³-hybridized carbons (Fsp3) is 0.438. The molecule has 2 rings (SSSR count). The third kappa shape index (κ3) is 2.49. The van der Waals surface area contributed by atoms with E-state index in [-0.39, 0.29) is 15.4 Å². The molecule has 0 saturated carbocycles. The largest absolute Gasteiger partial charge is 0.466 e. The van der Waals surface area contributed by atoms with E-state index in [1.807, 2.05) is 0 Å². The Labute approximate surface area is 136 Å². The van der Waals surface area contributed by atoms with Gasteiger partial charge in [-0.3, -0.25) is 0 Å². The monoisotopic (exact) mass is 338 g/mol. The van der Waals surface area contributed by atoms with E-state index in [4.69, 9.17) is 4.74 Å². The average Bonchev–Trinajstić information content (AvgIpc) is 2.65. The Hall–Kier alpha value is -1.70. The average molecular weight is 338 g/mol. The molecule has 0 aromatic heterocycles. The molecule has 6 nitrogen and oxygen atoms in total. The van der Waals surface area contributed by atoms with Gasteiger partial charge < -0.3 is 4.74 Å². The molecule has 1 radical (unpaired) electrons. The first-order valence-electron chi connectivity index (χ1n) is 7.10. The van der Waals surface area contributed by atoms with Crippen molar-refractivity contribution in [2.24, 2.45) is 0 Å². The molecule has 7 heteroatoms. The van der Waals surface area contributed by atoms with Crippen molar-refractivity contribution in [3.63, 3.8) is 0 Å². The second-order valence-corrected chi connectivity index (χ2v) is 8.31. The Bertz CT molecular complexity index is 763. The zero-order valence-corrected chi connectivity index (χ0v) is 14.6. The van der Waals surface area contributed by atoms with E-state index < -0.39 is 26.9 Å². The van der Waals surface area contributed by atoms with Crippen LogP contribution in [0.25, 0.3) is 0 Å². The van der Waals surface area contributed by atoms with Gasteiger partial charge in [-0.15, -0.1) is 10.3 Å². The number of carbonyl (C=O) groups excluding carboxylic acids is 1. The van der Waals surface area contributed by atoms with Gasteiger partial charge in [0.05, 0.1) is 33.6 Å². The highest BCUT2D eigenvalue weighted by atomic mass is 32.2. The van der Waals surface area contributed by atoms with Crippen molar-refractivity contribution in [3.05, 3.63) is 40.8 Å². The minimum atomic E-state index is -4.02. The van der Waals surface area contributed by atoms with Crippen molar-refractivity contribution >= 4 is 15.8 Å². The molecular formula is C16H20NO5S. The molecule has 0 N–H and O–H groups in total. The maximum Gasteiger partial charge on any atom is 0.336 e. The zero-order valence-electron chi connectivity index (χ0n) is 13.8. The van der Waals surface area contributed by atoms with Gasteiger partial charge in [-0.2, -0.15) is 0 Å². The van der Waals surface area contributed by atoms with Crippen LogP contribution < -0.4 is 0 Å². The molecule has 1 aliphatic heterocycles. The van der Waals surface area contributed by atoms with Gasteiger partial charge in [0.1, 0.15) is 0 Å². The van der Waals surface area contributed by atoms with Gasteiger partial charge in [0.2, 0.25) is 9.84 Å². The van der Waals surface area contributed by atoms with Crippen LogP contribution in [0.1, 0.15) is 27.7 Å². The standard InChI is InChI=1S/C16H20NO5S/c1-15(2)12(14(18)22-5)13(16(3,4)17(15)19)23(20,21)11-9-7-6-8-10-11/h6-10H,1-5H3. The molecular weight excluding hydrogens is 318 g/mol. The third-order valence-electron chi connectivity index (χ3n) is 4.12. The quantitative estimate of drug-likeness (QED) is 0.788. The number of sulfone groups is 1. The number of carbonyl (C=O) groups is 1. The number of nitrogens with zero attached hydrogens (tertiary/aromatic N) is 1. The lowest BCUT2D eigenvalue weighted by atomic mass is 9.97. The number of hydroxylamine groups is 2. The van der Waals surface area contributed by atoms with Gasteiger partial charge in [0.25, 0.3) is 0 Å². The highest BCUT2D eigenvalue weighted by molar-refractivity contribution is 7.95. The van der Waals surface area contributed by atoms with Crippen molar-refractivity contribution in [1.82, 2.24) is 5.06 Å². The van der Waals surface area contributed by atoms with E-state index in [0.29, 0.717) is 5.06 Å². The number of ether oxygens (including phenoxy) is 1. The maximum atomic E-state index is 13.1. The Morgan fingerprint density at radius 1 is 1.04 bits per heavy atom. The van der Waals surface area contributed by atoms with Crippen LogP contribution in [0.5, 0.6) is 0 Å². The van der Waals surface area contributed by atoms with E-state index in [1.54, 1.807) is 18.2 Å². The molecule has 0 fully saturated rings.